The molecule has 4 rings (SSSR count). The second-order valence-electron chi connectivity index (χ2n) is 7.08. The number of hydrogen-bond donors (Lipinski definition) is 2. The van der Waals surface area contributed by atoms with Crippen LogP contribution in [0, 0.1) is 5.82 Å². The van der Waals surface area contributed by atoms with E-state index in [9.17, 15) is 22.4 Å². The van der Waals surface area contributed by atoms with Crippen LogP contribution >= 0.6 is 0 Å². The average molecular weight is 475 g/mol. The van der Waals surface area contributed by atoms with E-state index in [0.29, 0.717) is 34.7 Å². The van der Waals surface area contributed by atoms with E-state index in [1.54, 1.807) is 35.9 Å². The van der Waals surface area contributed by atoms with E-state index in [1.165, 1.54) is 19.4 Å². The molecule has 176 valence electrons. The lowest BCUT2D eigenvalue weighted by Gasteiger charge is -2.11. The van der Waals surface area contributed by atoms with Crippen molar-refractivity contribution in [3.8, 4) is 11.5 Å². The monoisotopic (exact) mass is 475 g/mol. The first-order valence-corrected chi connectivity index (χ1v) is 9.73. The first-order chi connectivity index (χ1) is 16.2. The first-order valence-electron chi connectivity index (χ1n) is 9.73. The summed E-state index contributed by atoms with van der Waals surface area (Å²) in [6.07, 6.45) is -3.22. The van der Waals surface area contributed by atoms with Gasteiger partial charge in [0.1, 0.15) is 23.0 Å². The molecule has 0 spiro atoms. The molecule has 0 saturated carbocycles. The Balaban J connectivity index is 1.60. The molecular formula is C22H17F4N5O3. The molecule has 0 atom stereocenters. The molecule has 34 heavy (non-hydrogen) atoms. The summed E-state index contributed by atoms with van der Waals surface area (Å²) in [6.45, 7) is 0. The molecule has 0 bridgehead atoms. The van der Waals surface area contributed by atoms with Gasteiger partial charge in [0.2, 0.25) is 5.95 Å². The Morgan fingerprint density at radius 3 is 2.56 bits per heavy atom. The third-order valence-corrected chi connectivity index (χ3v) is 4.79. The van der Waals surface area contributed by atoms with Gasteiger partial charge in [-0.2, -0.15) is 13.2 Å². The molecule has 1 amide bonds. The van der Waals surface area contributed by atoms with Gasteiger partial charge in [0, 0.05) is 25.4 Å². The molecule has 12 heteroatoms. The molecule has 2 heterocycles. The maximum absolute atomic E-state index is 14.1. The number of fused-ring (bicyclic) bond motifs is 1. The van der Waals surface area contributed by atoms with E-state index in [0.717, 1.165) is 6.07 Å². The Morgan fingerprint density at radius 1 is 1.06 bits per heavy atom. The highest BCUT2D eigenvalue weighted by atomic mass is 19.4. The van der Waals surface area contributed by atoms with Crippen molar-refractivity contribution in [2.24, 2.45) is 7.05 Å². The van der Waals surface area contributed by atoms with E-state index in [4.69, 9.17) is 4.74 Å². The summed E-state index contributed by atoms with van der Waals surface area (Å²) in [4.78, 5) is 24.7. The molecular weight excluding hydrogens is 458 g/mol. The fourth-order valence-electron chi connectivity index (χ4n) is 3.15. The van der Waals surface area contributed by atoms with E-state index in [1.807, 2.05) is 0 Å². The van der Waals surface area contributed by atoms with Gasteiger partial charge in [0.05, 0.1) is 29.4 Å². The third-order valence-electron chi connectivity index (χ3n) is 4.79. The predicted octanol–water partition coefficient (Wildman–Crippen LogP) is 4.95. The van der Waals surface area contributed by atoms with E-state index < -0.39 is 23.5 Å². The number of rotatable bonds is 6. The SMILES string of the molecule is CONC(=O)c1cc(Oc2ccc3c(c2)nc(Nc2cc(C(F)(F)F)ccc2F)n3C)ccn1. The van der Waals surface area contributed by atoms with Gasteiger partial charge >= 0.3 is 6.18 Å². The number of aryl methyl sites for hydroxylation is 1. The van der Waals surface area contributed by atoms with Gasteiger partial charge in [-0.1, -0.05) is 0 Å². The van der Waals surface area contributed by atoms with Crippen LogP contribution in [0.4, 0.5) is 29.2 Å². The maximum Gasteiger partial charge on any atom is 0.416 e. The molecule has 2 N–H and O–H groups in total. The van der Waals surface area contributed by atoms with Crippen molar-refractivity contribution in [3.05, 3.63) is 71.8 Å². The number of aromatic nitrogens is 3. The molecule has 0 aliphatic heterocycles. The Labute approximate surface area is 190 Å². The van der Waals surface area contributed by atoms with Crippen LogP contribution in [-0.4, -0.2) is 27.6 Å². The lowest BCUT2D eigenvalue weighted by molar-refractivity contribution is -0.137. The van der Waals surface area contributed by atoms with Crippen LogP contribution in [0.1, 0.15) is 16.1 Å². The predicted molar refractivity (Wildman–Crippen MR) is 114 cm³/mol. The van der Waals surface area contributed by atoms with Gasteiger partial charge in [0.15, 0.2) is 0 Å². The smallest absolute Gasteiger partial charge is 0.416 e. The zero-order valence-electron chi connectivity index (χ0n) is 17.8. The second-order valence-corrected chi connectivity index (χ2v) is 7.08. The molecule has 0 saturated heterocycles. The number of hydrogen-bond acceptors (Lipinski definition) is 6. The van der Waals surface area contributed by atoms with E-state index in [2.05, 4.69) is 25.6 Å². The zero-order chi connectivity index (χ0) is 24.5. The van der Waals surface area contributed by atoms with Crippen molar-refractivity contribution in [2.75, 3.05) is 12.4 Å². The number of benzene rings is 2. The van der Waals surface area contributed by atoms with Gasteiger partial charge in [-0.25, -0.2) is 14.9 Å². The minimum absolute atomic E-state index is 0.0767. The van der Waals surface area contributed by atoms with Crippen molar-refractivity contribution < 1.29 is 31.9 Å². The summed E-state index contributed by atoms with van der Waals surface area (Å²) in [5.74, 6) is -0.559. The topological polar surface area (TPSA) is 90.3 Å². The van der Waals surface area contributed by atoms with Crippen LogP contribution in [0.2, 0.25) is 0 Å². The van der Waals surface area contributed by atoms with E-state index >= 15 is 0 Å². The molecule has 2 aromatic carbocycles. The Hall–Kier alpha value is -4.19. The number of halogens is 4. The van der Waals surface area contributed by atoms with Gasteiger partial charge < -0.3 is 14.6 Å². The van der Waals surface area contributed by atoms with Crippen molar-refractivity contribution >= 4 is 28.6 Å². The molecule has 0 aliphatic rings. The van der Waals surface area contributed by atoms with Gasteiger partial charge in [-0.05, 0) is 36.4 Å². The minimum Gasteiger partial charge on any atom is -0.457 e. The number of imidazole rings is 1. The van der Waals surface area contributed by atoms with Gasteiger partial charge in [0.25, 0.3) is 5.91 Å². The van der Waals surface area contributed by atoms with Gasteiger partial charge in [-0.15, -0.1) is 0 Å². The highest BCUT2D eigenvalue weighted by Crippen LogP contribution is 2.33. The van der Waals surface area contributed by atoms with Crippen LogP contribution in [0.3, 0.4) is 0 Å². The Morgan fingerprint density at radius 2 is 1.82 bits per heavy atom. The Kier molecular flexibility index (Phi) is 6.07. The molecule has 0 fully saturated rings. The fraction of sp³-hybridized carbons (Fsp3) is 0.136. The highest BCUT2D eigenvalue weighted by Gasteiger charge is 2.31. The van der Waals surface area contributed by atoms with Crippen LogP contribution in [0.15, 0.2) is 54.7 Å². The summed E-state index contributed by atoms with van der Waals surface area (Å²) < 4.78 is 60.5. The van der Waals surface area contributed by atoms with Gasteiger partial charge in [-0.3, -0.25) is 14.6 Å². The van der Waals surface area contributed by atoms with Crippen molar-refractivity contribution in [1.29, 1.82) is 0 Å². The third kappa shape index (κ3) is 4.76. The molecule has 2 aromatic heterocycles. The quantitative estimate of drug-likeness (QED) is 0.303. The van der Waals surface area contributed by atoms with Crippen molar-refractivity contribution in [1.82, 2.24) is 20.0 Å². The first kappa shape index (κ1) is 23.0. The molecule has 4 aromatic rings. The number of anilines is 2. The summed E-state index contributed by atoms with van der Waals surface area (Å²) >= 11 is 0. The number of ether oxygens (including phenoxy) is 1. The fourth-order valence-corrected chi connectivity index (χ4v) is 3.15. The maximum atomic E-state index is 14.1. The van der Waals surface area contributed by atoms with Crippen molar-refractivity contribution in [3.63, 3.8) is 0 Å². The number of alkyl halides is 3. The minimum atomic E-state index is -4.61. The number of nitrogens with one attached hydrogen (secondary N) is 2. The summed E-state index contributed by atoms with van der Waals surface area (Å²) in [5, 5.41) is 2.61. The van der Waals surface area contributed by atoms with Crippen molar-refractivity contribution in [2.45, 2.75) is 6.18 Å². The summed E-state index contributed by atoms with van der Waals surface area (Å²) in [7, 11) is 2.93. The number of pyridine rings is 1. The van der Waals surface area contributed by atoms with E-state index in [-0.39, 0.29) is 17.3 Å². The number of nitrogens with zero attached hydrogens (tertiary/aromatic N) is 3. The largest absolute Gasteiger partial charge is 0.457 e. The lowest BCUT2D eigenvalue weighted by Crippen LogP contribution is -2.22. The number of amides is 1. The average Bonchev–Trinajstić information content (AvgIpc) is 3.09. The molecule has 8 nitrogen and oxygen atoms in total. The zero-order valence-corrected chi connectivity index (χ0v) is 17.8. The lowest BCUT2D eigenvalue weighted by atomic mass is 10.2. The molecule has 0 aliphatic carbocycles. The summed E-state index contributed by atoms with van der Waals surface area (Å²) in [6, 6.07) is 10.00. The number of hydroxylamine groups is 1. The number of carbonyl (C=O) groups excluding carboxylic acids is 1. The summed E-state index contributed by atoms with van der Waals surface area (Å²) in [5.41, 5.74) is 1.96. The van der Waals surface area contributed by atoms with Crippen LogP contribution in [-0.2, 0) is 18.1 Å². The Bertz CT molecular complexity index is 1370. The highest BCUT2D eigenvalue weighted by molar-refractivity contribution is 5.91. The van der Waals surface area contributed by atoms with Crippen LogP contribution in [0.5, 0.6) is 11.5 Å². The number of carbonyl (C=O) groups is 1. The van der Waals surface area contributed by atoms with Crippen LogP contribution in [0.25, 0.3) is 11.0 Å². The molecule has 0 unspecified atom stereocenters. The van der Waals surface area contributed by atoms with Crippen LogP contribution < -0.4 is 15.5 Å². The standard InChI is InChI=1S/C22H17F4N5O3/c1-31-19-6-4-13(34-14-7-8-27-18(11-14)20(32)30-33-2)10-17(19)29-21(31)28-16-9-12(22(24,25)26)3-5-15(16)23/h3-11H,1-2H3,(H,28,29)(H,30,32). The molecule has 0 radical (unpaired) electrons. The normalized spacial score (nSPS) is 11.5. The second kappa shape index (κ2) is 8.98.